The first-order valence-corrected chi connectivity index (χ1v) is 12.3. The van der Waals surface area contributed by atoms with Gasteiger partial charge in [-0.2, -0.15) is 5.10 Å². The van der Waals surface area contributed by atoms with Crippen LogP contribution in [0.1, 0.15) is 51.4 Å². The van der Waals surface area contributed by atoms with Crippen LogP contribution in [-0.2, 0) is 14.9 Å². The number of piperazine rings is 1. The summed E-state index contributed by atoms with van der Waals surface area (Å²) in [6.45, 7) is 15.4. The molecule has 2 heterocycles. The van der Waals surface area contributed by atoms with Crippen molar-refractivity contribution in [3.8, 4) is 5.69 Å². The number of rotatable bonds is 6. The normalized spacial score (nSPS) is 15.3. The Hall–Kier alpha value is -2.98. The summed E-state index contributed by atoms with van der Waals surface area (Å²) >= 11 is 5.51. The van der Waals surface area contributed by atoms with Gasteiger partial charge in [-0.15, -0.1) is 0 Å². The van der Waals surface area contributed by atoms with E-state index in [1.165, 1.54) is 10.2 Å². The van der Waals surface area contributed by atoms with Crippen LogP contribution in [0.25, 0.3) is 5.69 Å². The molecule has 0 amide bonds. The molecular weight excluding hydrogens is 464 g/mol. The van der Waals surface area contributed by atoms with Crippen molar-refractivity contribution in [3.05, 3.63) is 51.4 Å². The maximum absolute atomic E-state index is 13.2. The van der Waals surface area contributed by atoms with Gasteiger partial charge in [0.05, 0.1) is 30.1 Å². The molecule has 1 aliphatic heterocycles. The second-order valence-corrected chi connectivity index (χ2v) is 10.1. The number of H-pyrrole nitrogens is 1. The third-order valence-electron chi connectivity index (χ3n) is 6.06. The van der Waals surface area contributed by atoms with Gasteiger partial charge in [-0.3, -0.25) is 25.0 Å². The Labute approximate surface area is 212 Å². The Balaban J connectivity index is 1.64. The molecule has 9 nitrogen and oxygen atoms in total. The van der Waals surface area contributed by atoms with Gasteiger partial charge in [-0.25, -0.2) is 4.68 Å². The third kappa shape index (κ3) is 6.58. The van der Waals surface area contributed by atoms with E-state index in [4.69, 9.17) is 17.0 Å². The first kappa shape index (κ1) is 26.6. The lowest BCUT2D eigenvalue weighted by Gasteiger charge is -2.35. The molecule has 0 atom stereocenters. The number of carbonyl (C=O) groups is 1. The van der Waals surface area contributed by atoms with Gasteiger partial charge in [-0.05, 0) is 56.1 Å². The fraction of sp³-hybridized carbons (Fsp3) is 0.520. The fourth-order valence-corrected chi connectivity index (χ4v) is 4.25. The van der Waals surface area contributed by atoms with Gasteiger partial charge in [0, 0.05) is 31.9 Å². The summed E-state index contributed by atoms with van der Waals surface area (Å²) in [5.41, 5.74) is 6.59. The van der Waals surface area contributed by atoms with Crippen molar-refractivity contribution in [1.82, 2.24) is 25.0 Å². The quantitative estimate of drug-likeness (QED) is 0.272. The van der Waals surface area contributed by atoms with E-state index in [1.54, 1.807) is 13.8 Å². The Kier molecular flexibility index (Phi) is 8.50. The van der Waals surface area contributed by atoms with Crippen LogP contribution in [-0.4, -0.2) is 75.7 Å². The molecule has 1 aromatic heterocycles. The van der Waals surface area contributed by atoms with Crippen LogP contribution in [0.15, 0.2) is 34.2 Å². The van der Waals surface area contributed by atoms with Crippen LogP contribution in [0.4, 0.5) is 0 Å². The monoisotopic (exact) mass is 500 g/mol. The molecule has 0 spiro atoms. The molecule has 0 radical (unpaired) electrons. The van der Waals surface area contributed by atoms with Crippen LogP contribution in [0.5, 0.6) is 0 Å². The molecule has 1 aromatic carbocycles. The second-order valence-electron chi connectivity index (χ2n) is 9.73. The van der Waals surface area contributed by atoms with E-state index in [-0.39, 0.29) is 23.5 Å². The zero-order valence-electron chi connectivity index (χ0n) is 21.5. The van der Waals surface area contributed by atoms with Crippen LogP contribution in [0.3, 0.4) is 0 Å². The Morgan fingerprint density at radius 3 is 2.37 bits per heavy atom. The maximum atomic E-state index is 13.2. The van der Waals surface area contributed by atoms with Crippen molar-refractivity contribution >= 4 is 29.0 Å². The van der Waals surface area contributed by atoms with Crippen molar-refractivity contribution in [2.75, 3.05) is 39.3 Å². The number of benzene rings is 1. The summed E-state index contributed by atoms with van der Waals surface area (Å²) in [4.78, 5) is 28.9. The SMILES string of the molecule is CCOC(=O)CN1CCN(C(=S)NN=C(C)c2c(C)[nH]n(-c3ccc(C(C)(C)C)cc3)c2=O)CC1. The molecule has 2 N–H and O–H groups in total. The van der Waals surface area contributed by atoms with Crippen molar-refractivity contribution in [2.24, 2.45) is 5.10 Å². The lowest BCUT2D eigenvalue weighted by Crippen LogP contribution is -2.52. The number of carbonyl (C=O) groups excluding carboxylic acids is 1. The summed E-state index contributed by atoms with van der Waals surface area (Å²) in [5.74, 6) is -0.209. The molecule has 2 aromatic rings. The molecule has 3 rings (SSSR count). The van der Waals surface area contributed by atoms with Gasteiger partial charge >= 0.3 is 5.97 Å². The molecule has 10 heteroatoms. The molecule has 0 bridgehead atoms. The van der Waals surface area contributed by atoms with Gasteiger partial charge in [0.15, 0.2) is 5.11 Å². The smallest absolute Gasteiger partial charge is 0.320 e. The first-order chi connectivity index (χ1) is 16.5. The molecule has 1 saturated heterocycles. The van der Waals surface area contributed by atoms with Gasteiger partial charge in [0.1, 0.15) is 0 Å². The van der Waals surface area contributed by atoms with E-state index in [2.05, 4.69) is 36.4 Å². The van der Waals surface area contributed by atoms with Gasteiger partial charge in [0.2, 0.25) is 0 Å². The van der Waals surface area contributed by atoms with E-state index < -0.39 is 0 Å². The van der Waals surface area contributed by atoms with Crippen molar-refractivity contribution in [3.63, 3.8) is 0 Å². The summed E-state index contributed by atoms with van der Waals surface area (Å²) in [7, 11) is 0. The van der Waals surface area contributed by atoms with E-state index in [1.807, 2.05) is 41.0 Å². The number of aromatic amines is 1. The summed E-state index contributed by atoms with van der Waals surface area (Å²) in [6.07, 6.45) is 0. The Bertz CT molecular complexity index is 1140. The number of thiocarbonyl (C=S) groups is 1. The van der Waals surface area contributed by atoms with E-state index >= 15 is 0 Å². The molecule has 35 heavy (non-hydrogen) atoms. The summed E-state index contributed by atoms with van der Waals surface area (Å²) in [6, 6.07) is 7.99. The predicted molar refractivity (Wildman–Crippen MR) is 142 cm³/mol. The number of nitrogens with zero attached hydrogens (tertiary/aromatic N) is 4. The number of hydrazone groups is 1. The molecule has 1 fully saturated rings. The molecular formula is C25H36N6O3S. The van der Waals surface area contributed by atoms with Crippen LogP contribution >= 0.6 is 12.2 Å². The Morgan fingerprint density at radius 1 is 1.17 bits per heavy atom. The third-order valence-corrected chi connectivity index (χ3v) is 6.41. The first-order valence-electron chi connectivity index (χ1n) is 11.9. The summed E-state index contributed by atoms with van der Waals surface area (Å²) < 4.78 is 6.55. The van der Waals surface area contributed by atoms with Crippen LogP contribution in [0.2, 0.25) is 0 Å². The van der Waals surface area contributed by atoms with E-state index in [9.17, 15) is 9.59 Å². The molecule has 0 aliphatic carbocycles. The van der Waals surface area contributed by atoms with Crippen molar-refractivity contribution < 1.29 is 9.53 Å². The molecule has 0 unspecified atom stereocenters. The largest absolute Gasteiger partial charge is 0.465 e. The average molecular weight is 501 g/mol. The van der Waals surface area contributed by atoms with E-state index in [0.29, 0.717) is 49.2 Å². The predicted octanol–water partition coefficient (Wildman–Crippen LogP) is 2.55. The highest BCUT2D eigenvalue weighted by atomic mass is 32.1. The van der Waals surface area contributed by atoms with Crippen molar-refractivity contribution in [1.29, 1.82) is 0 Å². The van der Waals surface area contributed by atoms with Crippen LogP contribution in [0, 0.1) is 6.92 Å². The van der Waals surface area contributed by atoms with Crippen molar-refractivity contribution in [2.45, 2.75) is 47.0 Å². The van der Waals surface area contributed by atoms with E-state index in [0.717, 1.165) is 11.4 Å². The zero-order chi connectivity index (χ0) is 25.8. The number of esters is 1. The number of aromatic nitrogens is 2. The van der Waals surface area contributed by atoms with Gasteiger partial charge in [0.25, 0.3) is 5.56 Å². The number of nitrogens with one attached hydrogen (secondary N) is 2. The number of ether oxygens (including phenoxy) is 1. The van der Waals surface area contributed by atoms with Gasteiger partial charge in [-0.1, -0.05) is 32.9 Å². The highest BCUT2D eigenvalue weighted by molar-refractivity contribution is 7.80. The lowest BCUT2D eigenvalue weighted by atomic mass is 9.87. The topological polar surface area (TPSA) is 95.0 Å². The van der Waals surface area contributed by atoms with Crippen LogP contribution < -0.4 is 11.0 Å². The fourth-order valence-electron chi connectivity index (χ4n) is 4.02. The minimum absolute atomic E-state index is 0.0428. The summed E-state index contributed by atoms with van der Waals surface area (Å²) in [5, 5.41) is 8.05. The molecule has 1 aliphatic rings. The highest BCUT2D eigenvalue weighted by Gasteiger charge is 2.21. The number of hydrogen-bond donors (Lipinski definition) is 2. The Morgan fingerprint density at radius 2 is 1.80 bits per heavy atom. The minimum atomic E-state index is -0.209. The maximum Gasteiger partial charge on any atom is 0.320 e. The standard InChI is InChI=1S/C25H36N6O3S/c1-7-34-21(32)16-29-12-14-30(15-13-29)24(35)27-26-17(2)22-18(3)28-31(23(22)33)20-10-8-19(9-11-20)25(4,5)6/h8-11,28H,7,12-16H2,1-6H3,(H,27,35). The molecule has 0 saturated carbocycles. The number of aryl methyl sites for hydroxylation is 1. The zero-order valence-corrected chi connectivity index (χ0v) is 22.3. The highest BCUT2D eigenvalue weighted by Crippen LogP contribution is 2.23. The molecule has 190 valence electrons. The lowest BCUT2D eigenvalue weighted by molar-refractivity contribution is -0.144. The van der Waals surface area contributed by atoms with Gasteiger partial charge < -0.3 is 9.64 Å². The minimum Gasteiger partial charge on any atom is -0.465 e. The average Bonchev–Trinajstić information content (AvgIpc) is 3.11. The second kappa shape index (κ2) is 11.2. The number of hydrogen-bond acceptors (Lipinski definition) is 6.